The quantitative estimate of drug-likeness (QED) is 0.135. The van der Waals surface area contributed by atoms with Gasteiger partial charge in [-0.15, -0.1) is 11.3 Å². The van der Waals surface area contributed by atoms with Crippen molar-refractivity contribution in [2.75, 3.05) is 12.3 Å². The molecular weight excluding hydrogens is 603 g/mol. The van der Waals surface area contributed by atoms with Gasteiger partial charge in [0.2, 0.25) is 0 Å². The van der Waals surface area contributed by atoms with E-state index in [0.29, 0.717) is 13.1 Å². The molecule has 45 heavy (non-hydrogen) atoms. The highest BCUT2D eigenvalue weighted by molar-refractivity contribution is 8.01. The van der Waals surface area contributed by atoms with Crippen LogP contribution in [0.1, 0.15) is 48.5 Å². The van der Waals surface area contributed by atoms with Crippen LogP contribution in [0.2, 0.25) is 0 Å². The number of aliphatic hydroxyl groups excluding tert-OH is 1. The van der Waals surface area contributed by atoms with Crippen LogP contribution >= 0.6 is 23.1 Å². The Bertz CT molecular complexity index is 1690. The molecule has 5 aromatic rings. The van der Waals surface area contributed by atoms with Crippen LogP contribution in [0.4, 0.5) is 4.79 Å². The number of carbonyl (C=O) groups excluding carboxylic acids is 1. The number of hydrogen-bond donors (Lipinski definition) is 3. The monoisotopic (exact) mass is 639 g/mol. The first kappa shape index (κ1) is 31.3. The van der Waals surface area contributed by atoms with Crippen molar-refractivity contribution < 1.29 is 19.4 Å². The third-order valence-electron chi connectivity index (χ3n) is 8.06. The van der Waals surface area contributed by atoms with Crippen LogP contribution in [0.3, 0.4) is 0 Å². The van der Waals surface area contributed by atoms with Crippen LogP contribution in [0, 0.1) is 5.92 Å². The highest BCUT2D eigenvalue weighted by Gasteiger charge is 2.38. The molecule has 3 N–H and O–H groups in total. The van der Waals surface area contributed by atoms with E-state index in [9.17, 15) is 9.90 Å². The zero-order valence-electron chi connectivity index (χ0n) is 25.3. The summed E-state index contributed by atoms with van der Waals surface area (Å²) < 4.78 is 15.6. The van der Waals surface area contributed by atoms with Crippen LogP contribution in [-0.2, 0) is 22.6 Å². The van der Waals surface area contributed by atoms with Crippen molar-refractivity contribution in [1.82, 2.24) is 15.6 Å². The number of thioether (sulfide) groups is 1. The molecule has 9 heteroatoms. The topological polar surface area (TPSA) is 92.7 Å². The van der Waals surface area contributed by atoms with Crippen molar-refractivity contribution in [2.45, 2.75) is 49.8 Å². The Hall–Kier alpha value is -3.73. The predicted molar refractivity (Wildman–Crippen MR) is 181 cm³/mol. The molecule has 1 aliphatic heterocycles. The van der Waals surface area contributed by atoms with Gasteiger partial charge in [0, 0.05) is 30.3 Å². The number of ether oxygens (including phenoxy) is 2. The van der Waals surface area contributed by atoms with E-state index in [2.05, 4.69) is 54.0 Å². The molecule has 1 fully saturated rings. The molecule has 4 aromatic carbocycles. The summed E-state index contributed by atoms with van der Waals surface area (Å²) >= 11 is 3.44. The van der Waals surface area contributed by atoms with Crippen molar-refractivity contribution in [1.29, 1.82) is 0 Å². The second-order valence-corrected chi connectivity index (χ2v) is 13.4. The maximum Gasteiger partial charge on any atom is 0.315 e. The number of benzene rings is 4. The average Bonchev–Trinajstić information content (AvgIpc) is 3.50. The molecule has 7 nitrogen and oxygen atoms in total. The molecule has 0 radical (unpaired) electrons. The number of hydrogen-bond acceptors (Lipinski definition) is 7. The first-order valence-corrected chi connectivity index (χ1v) is 17.0. The fourth-order valence-corrected chi connectivity index (χ4v) is 7.81. The number of urea groups is 1. The summed E-state index contributed by atoms with van der Waals surface area (Å²) in [6.45, 7) is 5.09. The number of rotatable bonds is 10. The van der Waals surface area contributed by atoms with Gasteiger partial charge in [-0.3, -0.25) is 0 Å². The Morgan fingerprint density at radius 3 is 2.40 bits per heavy atom. The highest BCUT2D eigenvalue weighted by atomic mass is 32.2. The summed E-state index contributed by atoms with van der Waals surface area (Å²) in [5, 5.41) is 15.3. The molecule has 2 amide bonds. The molecule has 0 saturated carbocycles. The van der Waals surface area contributed by atoms with E-state index in [4.69, 9.17) is 14.5 Å². The van der Waals surface area contributed by atoms with Crippen molar-refractivity contribution in [2.24, 2.45) is 5.92 Å². The van der Waals surface area contributed by atoms with Gasteiger partial charge in [-0.05, 0) is 46.9 Å². The van der Waals surface area contributed by atoms with Crippen molar-refractivity contribution in [3.8, 4) is 11.1 Å². The largest absolute Gasteiger partial charge is 0.392 e. The fourth-order valence-electron chi connectivity index (χ4n) is 5.55. The van der Waals surface area contributed by atoms with E-state index in [-0.39, 0.29) is 30.8 Å². The van der Waals surface area contributed by atoms with Gasteiger partial charge in [-0.1, -0.05) is 104 Å². The molecule has 2 heterocycles. The van der Waals surface area contributed by atoms with Crippen LogP contribution in [0.15, 0.2) is 101 Å². The Morgan fingerprint density at radius 1 is 0.911 bits per heavy atom. The minimum atomic E-state index is -0.548. The summed E-state index contributed by atoms with van der Waals surface area (Å²) in [6, 6.07) is 32.4. The predicted octanol–water partition coefficient (Wildman–Crippen LogP) is 7.86. The number of aromatic nitrogens is 1. The lowest BCUT2D eigenvalue weighted by Gasteiger charge is -2.41. The van der Waals surface area contributed by atoms with Gasteiger partial charge in [-0.2, -0.15) is 0 Å². The summed E-state index contributed by atoms with van der Waals surface area (Å²) in [5.41, 5.74) is 7.04. The number of aliphatic hydroxyl groups is 1. The normalized spacial score (nSPS) is 19.8. The number of amides is 2. The van der Waals surface area contributed by atoms with Gasteiger partial charge < -0.3 is 25.2 Å². The number of fused-ring (bicyclic) bond motifs is 1. The number of para-hydroxylation sites is 1. The van der Waals surface area contributed by atoms with E-state index in [0.717, 1.165) is 49.0 Å². The number of nitrogens with zero attached hydrogens (tertiary/aromatic N) is 1. The summed E-state index contributed by atoms with van der Waals surface area (Å²) in [4.78, 5) is 16.8. The Kier molecular flexibility index (Phi) is 10.1. The zero-order chi connectivity index (χ0) is 31.2. The summed E-state index contributed by atoms with van der Waals surface area (Å²) in [6.07, 6.45) is -0.810. The van der Waals surface area contributed by atoms with Gasteiger partial charge in [0.05, 0.1) is 29.0 Å². The molecule has 4 atom stereocenters. The summed E-state index contributed by atoms with van der Waals surface area (Å²) in [7, 11) is 0. The standard InChI is InChI=1S/C36H37N3O4S2/c1-3-37-35(41)38-20-28-8-4-5-9-29(28)25-16-18-27(19-17-25)34-42-31(22-44-36-39-30-10-6-7-11-32(30)45-36)23(2)33(43-34)26-14-12-24(21-40)13-15-26/h4-19,23,31,33-34,40H,3,20-22H2,1-2H3,(H2,37,38,41)/t23-,31+,33+,34+/m0/s1. The Labute approximate surface area is 272 Å². The van der Waals surface area contributed by atoms with Gasteiger partial charge in [0.1, 0.15) is 0 Å². The molecule has 1 aliphatic rings. The fraction of sp³-hybridized carbons (Fsp3) is 0.278. The van der Waals surface area contributed by atoms with Gasteiger partial charge in [0.15, 0.2) is 10.6 Å². The van der Waals surface area contributed by atoms with E-state index < -0.39 is 6.29 Å². The number of nitrogens with one attached hydrogen (secondary N) is 2. The minimum Gasteiger partial charge on any atom is -0.392 e. The lowest BCUT2D eigenvalue weighted by molar-refractivity contribution is -0.268. The van der Waals surface area contributed by atoms with Crippen LogP contribution in [0.5, 0.6) is 0 Å². The lowest BCUT2D eigenvalue weighted by Crippen LogP contribution is -2.38. The van der Waals surface area contributed by atoms with Gasteiger partial charge in [0.25, 0.3) is 0 Å². The van der Waals surface area contributed by atoms with E-state index in [1.165, 1.54) is 4.70 Å². The molecule has 232 valence electrons. The molecule has 1 aromatic heterocycles. The first-order valence-electron chi connectivity index (χ1n) is 15.2. The maximum atomic E-state index is 12.0. The van der Waals surface area contributed by atoms with E-state index in [1.807, 2.05) is 67.6 Å². The SMILES string of the molecule is CCNC(=O)NCc1ccccc1-c1ccc([C@@H]2O[C@H](CSc3nc4ccccc4s3)[C@H](C)[C@H](c3ccc(CO)cc3)O2)cc1. The minimum absolute atomic E-state index is 0.00595. The smallest absolute Gasteiger partial charge is 0.315 e. The number of thiazole rings is 1. The van der Waals surface area contributed by atoms with Crippen LogP contribution in [-0.4, -0.2) is 34.5 Å². The van der Waals surface area contributed by atoms with E-state index in [1.54, 1.807) is 23.1 Å². The molecular formula is C36H37N3O4S2. The van der Waals surface area contributed by atoms with Crippen molar-refractivity contribution in [3.63, 3.8) is 0 Å². The molecule has 6 rings (SSSR count). The Balaban J connectivity index is 1.23. The van der Waals surface area contributed by atoms with Crippen molar-refractivity contribution in [3.05, 3.63) is 119 Å². The van der Waals surface area contributed by atoms with E-state index >= 15 is 0 Å². The molecule has 0 bridgehead atoms. The zero-order valence-corrected chi connectivity index (χ0v) is 26.9. The lowest BCUT2D eigenvalue weighted by atomic mass is 9.91. The van der Waals surface area contributed by atoms with Gasteiger partial charge >= 0.3 is 6.03 Å². The van der Waals surface area contributed by atoms with Crippen molar-refractivity contribution >= 4 is 39.3 Å². The molecule has 0 aliphatic carbocycles. The van der Waals surface area contributed by atoms with Gasteiger partial charge in [-0.25, -0.2) is 9.78 Å². The summed E-state index contributed by atoms with van der Waals surface area (Å²) in [5.74, 6) is 0.836. The third-order valence-corrected chi connectivity index (χ3v) is 10.3. The third kappa shape index (κ3) is 7.40. The second kappa shape index (κ2) is 14.6. The number of carbonyl (C=O) groups is 1. The highest BCUT2D eigenvalue weighted by Crippen LogP contribution is 2.44. The van der Waals surface area contributed by atoms with Crippen LogP contribution in [0.25, 0.3) is 21.3 Å². The van der Waals surface area contributed by atoms with Crippen LogP contribution < -0.4 is 10.6 Å². The first-order chi connectivity index (χ1) is 22.0. The maximum absolute atomic E-state index is 12.0. The molecule has 0 unspecified atom stereocenters. The molecule has 0 spiro atoms. The average molecular weight is 640 g/mol. The molecule has 1 saturated heterocycles. The second-order valence-electron chi connectivity index (χ2n) is 11.1. The Morgan fingerprint density at radius 2 is 1.64 bits per heavy atom.